The zero-order valence-electron chi connectivity index (χ0n) is 16.2. The van der Waals surface area contributed by atoms with Crippen molar-refractivity contribution in [2.75, 3.05) is 0 Å². The molecule has 0 saturated carbocycles. The second-order valence-corrected chi connectivity index (χ2v) is 7.97. The molecule has 2 amide bonds. The van der Waals surface area contributed by atoms with E-state index in [9.17, 15) is 9.59 Å². The molecule has 0 radical (unpaired) electrons. The first-order valence-electron chi connectivity index (χ1n) is 9.71. The molecule has 6 heteroatoms. The number of thiazole rings is 1. The highest BCUT2D eigenvalue weighted by atomic mass is 32.1. The normalized spacial score (nSPS) is 11.7. The first-order valence-corrected chi connectivity index (χ1v) is 10.5. The number of nitrogens with zero attached hydrogens (tertiary/aromatic N) is 1. The van der Waals surface area contributed by atoms with Gasteiger partial charge < -0.3 is 10.6 Å². The Hall–Kier alpha value is -3.51. The molecule has 30 heavy (non-hydrogen) atoms. The Morgan fingerprint density at radius 2 is 1.53 bits per heavy atom. The highest BCUT2D eigenvalue weighted by Crippen LogP contribution is 2.22. The van der Waals surface area contributed by atoms with Crippen molar-refractivity contribution >= 4 is 33.4 Å². The van der Waals surface area contributed by atoms with Crippen LogP contribution in [0.4, 0.5) is 0 Å². The number of carbonyl (C=O) groups is 2. The van der Waals surface area contributed by atoms with Gasteiger partial charge in [0.2, 0.25) is 5.91 Å². The van der Waals surface area contributed by atoms with Crippen molar-refractivity contribution < 1.29 is 9.59 Å². The van der Waals surface area contributed by atoms with Crippen LogP contribution in [0, 0.1) is 0 Å². The van der Waals surface area contributed by atoms with E-state index in [0.717, 1.165) is 20.8 Å². The molecule has 1 unspecified atom stereocenters. The summed E-state index contributed by atoms with van der Waals surface area (Å²) < 4.78 is 1.10. The zero-order chi connectivity index (χ0) is 20.8. The van der Waals surface area contributed by atoms with Gasteiger partial charge in [0.1, 0.15) is 5.01 Å². The number of carbonyl (C=O) groups excluding carboxylic acids is 2. The molecule has 1 heterocycles. The van der Waals surface area contributed by atoms with Gasteiger partial charge in [-0.3, -0.25) is 9.59 Å². The molecule has 2 N–H and O–H groups in total. The molecule has 0 aliphatic rings. The second-order valence-electron chi connectivity index (χ2n) is 6.86. The lowest BCUT2D eigenvalue weighted by molar-refractivity contribution is -0.121. The van der Waals surface area contributed by atoms with Gasteiger partial charge in [-0.15, -0.1) is 11.3 Å². The summed E-state index contributed by atoms with van der Waals surface area (Å²) in [5.41, 5.74) is 2.38. The molecule has 0 saturated heterocycles. The van der Waals surface area contributed by atoms with Gasteiger partial charge in [0, 0.05) is 5.56 Å². The fraction of sp³-hybridized carbons (Fsp3) is 0.125. The minimum absolute atomic E-state index is 0.142. The standard InChI is InChI=1S/C24H21N3O2S/c28-22(25-16-23-26-19-13-7-8-14-21(19)30-23)15-20(17-9-3-1-4-10-17)27-24(29)18-11-5-2-6-12-18/h1-14,20H,15-16H2,(H,25,28)(H,27,29). The third-order valence-corrected chi connectivity index (χ3v) is 5.74. The van der Waals surface area contributed by atoms with E-state index >= 15 is 0 Å². The molecule has 1 aromatic heterocycles. The predicted molar refractivity (Wildman–Crippen MR) is 119 cm³/mol. The number of fused-ring (bicyclic) bond motifs is 1. The molecule has 3 aromatic carbocycles. The molecule has 4 aromatic rings. The second kappa shape index (κ2) is 9.33. The number of rotatable bonds is 7. The summed E-state index contributed by atoms with van der Waals surface area (Å²) >= 11 is 1.57. The van der Waals surface area contributed by atoms with Crippen molar-refractivity contribution in [1.82, 2.24) is 15.6 Å². The van der Waals surface area contributed by atoms with Crippen LogP contribution < -0.4 is 10.6 Å². The molecule has 0 fully saturated rings. The van der Waals surface area contributed by atoms with Gasteiger partial charge in [-0.25, -0.2) is 4.98 Å². The fourth-order valence-corrected chi connectivity index (χ4v) is 4.10. The van der Waals surface area contributed by atoms with E-state index in [2.05, 4.69) is 15.6 Å². The van der Waals surface area contributed by atoms with Crippen LogP contribution >= 0.6 is 11.3 Å². The van der Waals surface area contributed by atoms with Crippen molar-refractivity contribution in [3.05, 3.63) is 101 Å². The molecule has 5 nitrogen and oxygen atoms in total. The van der Waals surface area contributed by atoms with Crippen LogP contribution in [0.1, 0.15) is 33.4 Å². The number of aromatic nitrogens is 1. The molecule has 0 aliphatic heterocycles. The molecular formula is C24H21N3O2S. The van der Waals surface area contributed by atoms with E-state index in [-0.39, 0.29) is 18.2 Å². The highest BCUT2D eigenvalue weighted by molar-refractivity contribution is 7.18. The van der Waals surface area contributed by atoms with E-state index in [1.54, 1.807) is 23.5 Å². The SMILES string of the molecule is O=C(CC(NC(=O)c1ccccc1)c1ccccc1)NCc1nc2ccccc2s1. The Kier molecular flexibility index (Phi) is 6.15. The summed E-state index contributed by atoms with van der Waals surface area (Å²) in [6.45, 7) is 0.367. The summed E-state index contributed by atoms with van der Waals surface area (Å²) in [4.78, 5) is 29.8. The molecule has 1 atom stereocenters. The molecule has 0 aliphatic carbocycles. The van der Waals surface area contributed by atoms with Crippen molar-refractivity contribution in [3.8, 4) is 0 Å². The summed E-state index contributed by atoms with van der Waals surface area (Å²) in [5.74, 6) is -0.347. The number of hydrogen-bond donors (Lipinski definition) is 2. The van der Waals surface area contributed by atoms with Crippen molar-refractivity contribution in [2.24, 2.45) is 0 Å². The van der Waals surface area contributed by atoms with Crippen molar-refractivity contribution in [3.63, 3.8) is 0 Å². The quantitative estimate of drug-likeness (QED) is 0.468. The number of nitrogens with one attached hydrogen (secondary N) is 2. The number of para-hydroxylation sites is 1. The van der Waals surface area contributed by atoms with Gasteiger partial charge in [0.25, 0.3) is 5.91 Å². The molecule has 0 spiro atoms. The van der Waals surface area contributed by atoms with Crippen LogP contribution in [0.25, 0.3) is 10.2 Å². The minimum Gasteiger partial charge on any atom is -0.350 e. The van der Waals surface area contributed by atoms with Crippen molar-refractivity contribution in [1.29, 1.82) is 0 Å². The maximum Gasteiger partial charge on any atom is 0.251 e. The first kappa shape index (κ1) is 19.8. The third kappa shape index (κ3) is 4.90. The number of amides is 2. The Morgan fingerprint density at radius 1 is 0.867 bits per heavy atom. The highest BCUT2D eigenvalue weighted by Gasteiger charge is 2.19. The maximum atomic E-state index is 12.6. The van der Waals surface area contributed by atoms with E-state index < -0.39 is 6.04 Å². The van der Waals surface area contributed by atoms with E-state index in [4.69, 9.17) is 0 Å². The Labute approximate surface area is 178 Å². The third-order valence-electron chi connectivity index (χ3n) is 4.71. The zero-order valence-corrected chi connectivity index (χ0v) is 17.1. The molecule has 150 valence electrons. The van der Waals surface area contributed by atoms with E-state index in [1.165, 1.54) is 0 Å². The van der Waals surface area contributed by atoms with Gasteiger partial charge in [-0.2, -0.15) is 0 Å². The predicted octanol–water partition coefficient (Wildman–Crippen LogP) is 4.47. The Balaban J connectivity index is 1.43. The lowest BCUT2D eigenvalue weighted by atomic mass is 10.0. The smallest absolute Gasteiger partial charge is 0.251 e. The van der Waals surface area contributed by atoms with Crippen LogP contribution in [0.15, 0.2) is 84.9 Å². The lowest BCUT2D eigenvalue weighted by Crippen LogP contribution is -2.33. The van der Waals surface area contributed by atoms with Gasteiger partial charge in [0.05, 0.1) is 29.2 Å². The molecule has 4 rings (SSSR count). The van der Waals surface area contributed by atoms with Gasteiger partial charge in [0.15, 0.2) is 0 Å². The van der Waals surface area contributed by atoms with Gasteiger partial charge >= 0.3 is 0 Å². The van der Waals surface area contributed by atoms with Crippen LogP contribution in [0.2, 0.25) is 0 Å². The minimum atomic E-state index is -0.422. The number of benzene rings is 3. The molecular weight excluding hydrogens is 394 g/mol. The van der Waals surface area contributed by atoms with Crippen molar-refractivity contribution in [2.45, 2.75) is 19.0 Å². The summed E-state index contributed by atoms with van der Waals surface area (Å²) in [5, 5.41) is 6.77. The fourth-order valence-electron chi connectivity index (χ4n) is 3.20. The van der Waals surface area contributed by atoms with Gasteiger partial charge in [-0.1, -0.05) is 60.7 Å². The van der Waals surface area contributed by atoms with Crippen LogP contribution in [-0.2, 0) is 11.3 Å². The summed E-state index contributed by atoms with van der Waals surface area (Å²) in [7, 11) is 0. The van der Waals surface area contributed by atoms with E-state index in [1.807, 2.05) is 72.8 Å². The summed E-state index contributed by atoms with van der Waals surface area (Å²) in [6.07, 6.45) is 0.146. The molecule has 0 bridgehead atoms. The lowest BCUT2D eigenvalue weighted by Gasteiger charge is -2.19. The van der Waals surface area contributed by atoms with E-state index in [0.29, 0.717) is 12.1 Å². The van der Waals surface area contributed by atoms with Gasteiger partial charge in [-0.05, 0) is 29.8 Å². The largest absolute Gasteiger partial charge is 0.350 e. The maximum absolute atomic E-state index is 12.6. The Bertz CT molecular complexity index is 1110. The number of hydrogen-bond acceptors (Lipinski definition) is 4. The average molecular weight is 416 g/mol. The Morgan fingerprint density at radius 3 is 2.27 bits per heavy atom. The topological polar surface area (TPSA) is 71.1 Å². The van der Waals surface area contributed by atoms with Crippen LogP contribution in [0.3, 0.4) is 0 Å². The average Bonchev–Trinajstić information content (AvgIpc) is 3.21. The monoisotopic (exact) mass is 415 g/mol. The van der Waals surface area contributed by atoms with Crippen LogP contribution in [-0.4, -0.2) is 16.8 Å². The van der Waals surface area contributed by atoms with Crippen LogP contribution in [0.5, 0.6) is 0 Å². The summed E-state index contributed by atoms with van der Waals surface area (Å²) in [6, 6.07) is 26.0. The first-order chi connectivity index (χ1) is 14.7.